The maximum atomic E-state index is 14.2. The first-order valence-corrected chi connectivity index (χ1v) is 11.6. The molecule has 4 nitrogen and oxygen atoms in total. The molecule has 0 unspecified atom stereocenters. The van der Waals surface area contributed by atoms with Crippen molar-refractivity contribution in [2.24, 2.45) is 0 Å². The van der Waals surface area contributed by atoms with Crippen molar-refractivity contribution in [2.45, 2.75) is 26.4 Å². The van der Waals surface area contributed by atoms with Crippen LogP contribution < -0.4 is 10.6 Å². The molecule has 4 aromatic rings. The lowest BCUT2D eigenvalue weighted by Gasteiger charge is -2.15. The molecule has 0 spiro atoms. The standard InChI is InChI=1S/C30H26F2N2O2/c1-20-10-13-23(28(32)16-20)19-34-30(36)27-9-5-4-8-26(27)25-7-3-2-6-22(25)18-33-29(35)17-21-11-14-24(31)15-12-21/h2-16H,17-19H2,1H3,(H,33,35)(H,34,36). The molecule has 182 valence electrons. The van der Waals surface area contributed by atoms with Crippen LogP contribution in [0.15, 0.2) is 91.0 Å². The van der Waals surface area contributed by atoms with Gasteiger partial charge in [-0.1, -0.05) is 66.7 Å². The van der Waals surface area contributed by atoms with E-state index in [1.54, 1.807) is 36.4 Å². The molecule has 0 aliphatic carbocycles. The van der Waals surface area contributed by atoms with E-state index in [4.69, 9.17) is 0 Å². The number of carbonyl (C=O) groups excluding carboxylic acids is 2. The van der Waals surface area contributed by atoms with E-state index in [9.17, 15) is 18.4 Å². The fourth-order valence-electron chi connectivity index (χ4n) is 3.96. The summed E-state index contributed by atoms with van der Waals surface area (Å²) in [6, 6.07) is 25.4. The lowest BCUT2D eigenvalue weighted by atomic mass is 9.94. The molecule has 4 rings (SSSR count). The fourth-order valence-corrected chi connectivity index (χ4v) is 3.96. The quantitative estimate of drug-likeness (QED) is 0.336. The molecule has 36 heavy (non-hydrogen) atoms. The Balaban J connectivity index is 1.48. The number of hydrogen-bond acceptors (Lipinski definition) is 2. The monoisotopic (exact) mass is 484 g/mol. The minimum atomic E-state index is -0.356. The van der Waals surface area contributed by atoms with Gasteiger partial charge < -0.3 is 10.6 Å². The third-order valence-corrected chi connectivity index (χ3v) is 5.88. The minimum absolute atomic E-state index is 0.0698. The third-order valence-electron chi connectivity index (χ3n) is 5.88. The van der Waals surface area contributed by atoms with E-state index in [1.165, 1.54) is 18.2 Å². The van der Waals surface area contributed by atoms with Gasteiger partial charge in [0.2, 0.25) is 5.91 Å². The first-order valence-electron chi connectivity index (χ1n) is 11.6. The molecule has 0 heterocycles. The molecule has 4 aromatic carbocycles. The zero-order chi connectivity index (χ0) is 25.5. The van der Waals surface area contributed by atoms with Crippen molar-refractivity contribution < 1.29 is 18.4 Å². The van der Waals surface area contributed by atoms with Gasteiger partial charge in [0.1, 0.15) is 11.6 Å². The maximum Gasteiger partial charge on any atom is 0.252 e. The number of halogens is 2. The average Bonchev–Trinajstić information content (AvgIpc) is 2.88. The Labute approximate surface area is 209 Å². The smallest absolute Gasteiger partial charge is 0.252 e. The van der Waals surface area contributed by atoms with Gasteiger partial charge in [0.05, 0.1) is 6.42 Å². The van der Waals surface area contributed by atoms with Crippen molar-refractivity contribution in [2.75, 3.05) is 0 Å². The van der Waals surface area contributed by atoms with Crippen LogP contribution in [0.5, 0.6) is 0 Å². The Bertz CT molecular complexity index is 1380. The Kier molecular flexibility index (Phi) is 7.85. The maximum absolute atomic E-state index is 14.2. The Morgan fingerprint density at radius 1 is 0.722 bits per heavy atom. The van der Waals surface area contributed by atoms with Crippen LogP contribution in [0.4, 0.5) is 8.78 Å². The molecular weight excluding hydrogens is 458 g/mol. The van der Waals surface area contributed by atoms with E-state index in [-0.39, 0.29) is 43.0 Å². The second-order valence-electron chi connectivity index (χ2n) is 8.56. The number of benzene rings is 4. The highest BCUT2D eigenvalue weighted by atomic mass is 19.1. The second-order valence-corrected chi connectivity index (χ2v) is 8.56. The van der Waals surface area contributed by atoms with E-state index in [0.29, 0.717) is 22.3 Å². The Hall–Kier alpha value is -4.32. The van der Waals surface area contributed by atoms with Crippen LogP contribution in [-0.4, -0.2) is 11.8 Å². The van der Waals surface area contributed by atoms with Crippen molar-refractivity contribution in [1.29, 1.82) is 0 Å². The van der Waals surface area contributed by atoms with Crippen molar-refractivity contribution in [1.82, 2.24) is 10.6 Å². The summed E-state index contributed by atoms with van der Waals surface area (Å²) >= 11 is 0. The van der Waals surface area contributed by atoms with Gasteiger partial charge in [-0.3, -0.25) is 9.59 Å². The highest BCUT2D eigenvalue weighted by Crippen LogP contribution is 2.27. The van der Waals surface area contributed by atoms with Crippen LogP contribution in [0.25, 0.3) is 11.1 Å². The van der Waals surface area contributed by atoms with Crippen molar-refractivity contribution in [3.05, 3.63) is 130 Å². The molecule has 0 aromatic heterocycles. The largest absolute Gasteiger partial charge is 0.352 e. The molecule has 2 amide bonds. The van der Waals surface area contributed by atoms with Crippen molar-refractivity contribution >= 4 is 11.8 Å². The van der Waals surface area contributed by atoms with Crippen LogP contribution in [0.2, 0.25) is 0 Å². The molecular formula is C30H26F2N2O2. The molecule has 0 aliphatic heterocycles. The summed E-state index contributed by atoms with van der Waals surface area (Å²) in [5.41, 5.74) is 4.76. The second kappa shape index (κ2) is 11.4. The molecule has 0 saturated carbocycles. The van der Waals surface area contributed by atoms with Crippen molar-refractivity contribution in [3.8, 4) is 11.1 Å². The lowest BCUT2D eigenvalue weighted by molar-refractivity contribution is -0.120. The molecule has 0 fully saturated rings. The molecule has 0 radical (unpaired) electrons. The van der Waals surface area contributed by atoms with E-state index >= 15 is 0 Å². The predicted octanol–water partition coefficient (Wildman–Crippen LogP) is 5.73. The molecule has 0 atom stereocenters. The number of carbonyl (C=O) groups is 2. The van der Waals surface area contributed by atoms with E-state index < -0.39 is 0 Å². The third kappa shape index (κ3) is 6.21. The summed E-state index contributed by atoms with van der Waals surface area (Å²) in [6.45, 7) is 2.14. The predicted molar refractivity (Wildman–Crippen MR) is 136 cm³/mol. The van der Waals surface area contributed by atoms with Crippen molar-refractivity contribution in [3.63, 3.8) is 0 Å². The van der Waals surface area contributed by atoms with Crippen LogP contribution in [0.1, 0.15) is 32.6 Å². The van der Waals surface area contributed by atoms with Gasteiger partial charge in [-0.15, -0.1) is 0 Å². The molecule has 6 heteroatoms. The molecule has 0 aliphatic rings. The number of nitrogens with one attached hydrogen (secondary N) is 2. The lowest BCUT2D eigenvalue weighted by Crippen LogP contribution is -2.25. The van der Waals surface area contributed by atoms with Gasteiger partial charge in [0.15, 0.2) is 0 Å². The molecule has 0 saturated heterocycles. The van der Waals surface area contributed by atoms with E-state index in [1.807, 2.05) is 43.3 Å². The summed E-state index contributed by atoms with van der Waals surface area (Å²) in [5, 5.41) is 5.71. The summed E-state index contributed by atoms with van der Waals surface area (Å²) in [4.78, 5) is 25.5. The SMILES string of the molecule is Cc1ccc(CNC(=O)c2ccccc2-c2ccccc2CNC(=O)Cc2ccc(F)cc2)c(F)c1. The van der Waals surface area contributed by atoms with E-state index in [0.717, 1.165) is 16.7 Å². The summed E-state index contributed by atoms with van der Waals surface area (Å²) in [7, 11) is 0. The highest BCUT2D eigenvalue weighted by Gasteiger charge is 2.16. The average molecular weight is 485 g/mol. The van der Waals surface area contributed by atoms with Gasteiger partial charge in [0.25, 0.3) is 5.91 Å². The van der Waals surface area contributed by atoms with Crippen LogP contribution in [0, 0.1) is 18.6 Å². The molecule has 2 N–H and O–H groups in total. The van der Waals surface area contributed by atoms with Gasteiger partial charge in [0, 0.05) is 24.2 Å². The Morgan fingerprint density at radius 2 is 1.39 bits per heavy atom. The zero-order valence-electron chi connectivity index (χ0n) is 19.9. The zero-order valence-corrected chi connectivity index (χ0v) is 19.9. The van der Waals surface area contributed by atoms with E-state index in [2.05, 4.69) is 10.6 Å². The first kappa shape index (κ1) is 24.8. The van der Waals surface area contributed by atoms with Gasteiger partial charge >= 0.3 is 0 Å². The topological polar surface area (TPSA) is 58.2 Å². The fraction of sp³-hybridized carbons (Fsp3) is 0.133. The van der Waals surface area contributed by atoms with Crippen LogP contribution in [-0.2, 0) is 24.3 Å². The number of amides is 2. The number of aryl methyl sites for hydroxylation is 1. The van der Waals surface area contributed by atoms with Crippen LogP contribution >= 0.6 is 0 Å². The van der Waals surface area contributed by atoms with Gasteiger partial charge in [-0.25, -0.2) is 8.78 Å². The summed E-state index contributed by atoms with van der Waals surface area (Å²) < 4.78 is 27.3. The van der Waals surface area contributed by atoms with Crippen LogP contribution in [0.3, 0.4) is 0 Å². The number of hydrogen-bond donors (Lipinski definition) is 2. The van der Waals surface area contributed by atoms with Gasteiger partial charge in [-0.05, 0) is 59.0 Å². The minimum Gasteiger partial charge on any atom is -0.352 e. The first-order chi connectivity index (χ1) is 17.4. The summed E-state index contributed by atoms with van der Waals surface area (Å²) in [5.74, 6) is -1.21. The van der Waals surface area contributed by atoms with Gasteiger partial charge in [-0.2, -0.15) is 0 Å². The molecule has 0 bridgehead atoms. The normalized spacial score (nSPS) is 10.6. The highest BCUT2D eigenvalue weighted by molar-refractivity contribution is 6.01. The summed E-state index contributed by atoms with van der Waals surface area (Å²) in [6.07, 6.45) is 0.136. The Morgan fingerprint density at radius 3 is 2.14 bits per heavy atom. The number of rotatable bonds is 8.